The summed E-state index contributed by atoms with van der Waals surface area (Å²) in [5.41, 5.74) is 4.18. The van der Waals surface area contributed by atoms with Crippen LogP contribution in [-0.4, -0.2) is 12.7 Å². The lowest BCUT2D eigenvalue weighted by molar-refractivity contribution is -0.148. The Morgan fingerprint density at radius 3 is 2.25 bits per heavy atom. The predicted molar refractivity (Wildman–Crippen MR) is 49.2 cm³/mol. The highest BCUT2D eigenvalue weighted by atomic mass is 35.5. The van der Waals surface area contributed by atoms with Gasteiger partial charge in [0.2, 0.25) is 0 Å². The second-order valence-electron chi connectivity index (χ2n) is 3.09. The van der Waals surface area contributed by atoms with Crippen LogP contribution in [0.1, 0.15) is 11.5 Å². The molecule has 1 unspecified atom stereocenters. The molecule has 0 radical (unpaired) electrons. The van der Waals surface area contributed by atoms with Gasteiger partial charge in [0.25, 0.3) is 0 Å². The Morgan fingerprint density at radius 1 is 1.25 bits per heavy atom. The van der Waals surface area contributed by atoms with E-state index in [0.29, 0.717) is 12.1 Å². The fourth-order valence-corrected chi connectivity index (χ4v) is 1.42. The molecule has 0 aliphatic carbocycles. The van der Waals surface area contributed by atoms with Crippen molar-refractivity contribution in [3.63, 3.8) is 0 Å². The molecule has 0 bridgehead atoms. The summed E-state index contributed by atoms with van der Waals surface area (Å²) in [6, 6.07) is 1.37. The SMILES string of the molecule is NCC(c1ccc(F)c(Cl)c1F)C(F)(F)F. The maximum atomic E-state index is 13.3. The minimum absolute atomic E-state index is 0.676. The Morgan fingerprint density at radius 2 is 1.81 bits per heavy atom. The lowest BCUT2D eigenvalue weighted by atomic mass is 9.98. The Balaban J connectivity index is 3.27. The van der Waals surface area contributed by atoms with E-state index in [2.05, 4.69) is 0 Å². The molecule has 0 saturated carbocycles. The number of alkyl halides is 3. The molecule has 0 aromatic heterocycles. The normalized spacial score (nSPS) is 13.9. The molecule has 0 aliphatic heterocycles. The molecule has 1 atom stereocenters. The molecular formula is C9H7ClF5N. The van der Waals surface area contributed by atoms with Gasteiger partial charge in [-0.05, 0) is 6.07 Å². The lowest BCUT2D eigenvalue weighted by Crippen LogP contribution is -2.29. The quantitative estimate of drug-likeness (QED) is 0.640. The Labute approximate surface area is 93.0 Å². The maximum Gasteiger partial charge on any atom is 0.397 e. The monoisotopic (exact) mass is 259 g/mol. The number of hydrogen-bond acceptors (Lipinski definition) is 1. The van der Waals surface area contributed by atoms with Crippen LogP contribution in [0.3, 0.4) is 0 Å². The smallest absolute Gasteiger partial charge is 0.330 e. The fourth-order valence-electron chi connectivity index (χ4n) is 1.25. The van der Waals surface area contributed by atoms with Crippen molar-refractivity contribution in [2.75, 3.05) is 6.54 Å². The van der Waals surface area contributed by atoms with Gasteiger partial charge in [0.05, 0.1) is 5.92 Å². The van der Waals surface area contributed by atoms with Crippen LogP contribution in [0, 0.1) is 11.6 Å². The molecule has 1 aromatic carbocycles. The number of halogens is 6. The first-order valence-corrected chi connectivity index (χ1v) is 4.57. The molecule has 90 valence electrons. The van der Waals surface area contributed by atoms with Crippen molar-refractivity contribution in [1.29, 1.82) is 0 Å². The van der Waals surface area contributed by atoms with E-state index in [4.69, 9.17) is 17.3 Å². The highest BCUT2D eigenvalue weighted by Gasteiger charge is 2.41. The van der Waals surface area contributed by atoms with Gasteiger partial charge in [-0.15, -0.1) is 0 Å². The first-order valence-electron chi connectivity index (χ1n) is 4.19. The molecular weight excluding hydrogens is 253 g/mol. The topological polar surface area (TPSA) is 26.0 Å². The van der Waals surface area contributed by atoms with Crippen molar-refractivity contribution in [3.05, 3.63) is 34.4 Å². The molecule has 2 N–H and O–H groups in total. The van der Waals surface area contributed by atoms with Crippen molar-refractivity contribution < 1.29 is 22.0 Å². The van der Waals surface area contributed by atoms with E-state index in [1.54, 1.807) is 0 Å². The van der Waals surface area contributed by atoms with Gasteiger partial charge in [0.15, 0.2) is 0 Å². The summed E-state index contributed by atoms with van der Waals surface area (Å²) in [6.07, 6.45) is -4.70. The van der Waals surface area contributed by atoms with Gasteiger partial charge in [-0.25, -0.2) is 8.78 Å². The summed E-state index contributed by atoms with van der Waals surface area (Å²) in [5, 5.41) is -0.958. The van der Waals surface area contributed by atoms with E-state index >= 15 is 0 Å². The van der Waals surface area contributed by atoms with Gasteiger partial charge in [0, 0.05) is 12.1 Å². The molecule has 0 saturated heterocycles. The fraction of sp³-hybridized carbons (Fsp3) is 0.333. The average Bonchev–Trinajstić information content (AvgIpc) is 2.17. The third kappa shape index (κ3) is 2.44. The third-order valence-electron chi connectivity index (χ3n) is 2.07. The Hall–Kier alpha value is -0.880. The van der Waals surface area contributed by atoms with Crippen LogP contribution in [0.4, 0.5) is 22.0 Å². The minimum atomic E-state index is -4.70. The van der Waals surface area contributed by atoms with E-state index < -0.39 is 40.9 Å². The van der Waals surface area contributed by atoms with E-state index in [-0.39, 0.29) is 0 Å². The molecule has 16 heavy (non-hydrogen) atoms. The van der Waals surface area contributed by atoms with Gasteiger partial charge in [0.1, 0.15) is 16.7 Å². The number of hydrogen-bond donors (Lipinski definition) is 1. The van der Waals surface area contributed by atoms with Crippen molar-refractivity contribution in [2.45, 2.75) is 12.1 Å². The van der Waals surface area contributed by atoms with Crippen molar-refractivity contribution in [1.82, 2.24) is 0 Å². The van der Waals surface area contributed by atoms with Gasteiger partial charge in [-0.1, -0.05) is 17.7 Å². The summed E-state index contributed by atoms with van der Waals surface area (Å²) >= 11 is 5.18. The van der Waals surface area contributed by atoms with E-state index in [0.717, 1.165) is 0 Å². The lowest BCUT2D eigenvalue weighted by Gasteiger charge is -2.19. The molecule has 1 rings (SSSR count). The van der Waals surface area contributed by atoms with Crippen LogP contribution in [0.15, 0.2) is 12.1 Å². The number of nitrogens with two attached hydrogens (primary N) is 1. The van der Waals surface area contributed by atoms with Crippen LogP contribution in [-0.2, 0) is 0 Å². The van der Waals surface area contributed by atoms with Gasteiger partial charge < -0.3 is 5.73 Å². The molecule has 0 aliphatic rings. The van der Waals surface area contributed by atoms with Crippen molar-refractivity contribution in [2.24, 2.45) is 5.73 Å². The van der Waals surface area contributed by atoms with E-state index in [1.165, 1.54) is 0 Å². The predicted octanol–water partition coefficient (Wildman–Crippen LogP) is 3.22. The van der Waals surface area contributed by atoms with Crippen molar-refractivity contribution in [3.8, 4) is 0 Å². The summed E-state index contributed by atoms with van der Waals surface area (Å²) in [5.74, 6) is -4.72. The zero-order valence-corrected chi connectivity index (χ0v) is 8.54. The van der Waals surface area contributed by atoms with Gasteiger partial charge in [-0.3, -0.25) is 0 Å². The number of benzene rings is 1. The Kier molecular flexibility index (Phi) is 3.75. The van der Waals surface area contributed by atoms with Crippen molar-refractivity contribution >= 4 is 11.6 Å². The largest absolute Gasteiger partial charge is 0.397 e. The summed E-state index contributed by atoms with van der Waals surface area (Å²) < 4.78 is 63.3. The second kappa shape index (κ2) is 4.55. The zero-order chi connectivity index (χ0) is 12.5. The molecule has 0 amide bonds. The Bertz CT molecular complexity index is 390. The molecule has 7 heteroatoms. The maximum absolute atomic E-state index is 13.3. The first-order chi connectivity index (χ1) is 7.29. The highest BCUT2D eigenvalue weighted by molar-refractivity contribution is 6.30. The van der Waals surface area contributed by atoms with Gasteiger partial charge >= 0.3 is 6.18 Å². The minimum Gasteiger partial charge on any atom is -0.330 e. The first kappa shape index (κ1) is 13.2. The summed E-state index contributed by atoms with van der Waals surface area (Å²) in [4.78, 5) is 0. The molecule has 0 heterocycles. The van der Waals surface area contributed by atoms with Crippen LogP contribution in [0.5, 0.6) is 0 Å². The molecule has 1 aromatic rings. The van der Waals surface area contributed by atoms with Crippen LogP contribution in [0.2, 0.25) is 5.02 Å². The standard InChI is InChI=1S/C9H7ClF5N/c10-7-6(11)2-1-4(8(7)12)5(3-16)9(13,14)15/h1-2,5H,3,16H2. The van der Waals surface area contributed by atoms with Crippen LogP contribution >= 0.6 is 11.6 Å². The average molecular weight is 260 g/mol. The van der Waals surface area contributed by atoms with Gasteiger partial charge in [-0.2, -0.15) is 13.2 Å². The molecule has 0 fully saturated rings. The van der Waals surface area contributed by atoms with E-state index in [1.807, 2.05) is 0 Å². The highest BCUT2D eigenvalue weighted by Crippen LogP contribution is 2.37. The molecule has 0 spiro atoms. The zero-order valence-electron chi connectivity index (χ0n) is 7.78. The van der Waals surface area contributed by atoms with Crippen LogP contribution < -0.4 is 5.73 Å². The third-order valence-corrected chi connectivity index (χ3v) is 2.42. The van der Waals surface area contributed by atoms with E-state index in [9.17, 15) is 22.0 Å². The summed E-state index contributed by atoms with van der Waals surface area (Å²) in [7, 11) is 0. The van der Waals surface area contributed by atoms with Crippen LogP contribution in [0.25, 0.3) is 0 Å². The summed E-state index contributed by atoms with van der Waals surface area (Å²) in [6.45, 7) is -0.831. The molecule has 1 nitrogen and oxygen atoms in total. The number of rotatable bonds is 2. The second-order valence-corrected chi connectivity index (χ2v) is 3.47.